The standard InChI is InChI=1S/C12H9ClNO/c1-9-6-7-10(8-14-9)15-12-5-3-2-4-11(12)13/h3-8H,1H3. The Kier molecular flexibility index (Phi) is 2.88. The molecule has 0 bridgehead atoms. The maximum atomic E-state index is 5.93. The molecule has 0 aliphatic carbocycles. The van der Waals surface area contributed by atoms with E-state index in [9.17, 15) is 0 Å². The predicted octanol–water partition coefficient (Wildman–Crippen LogP) is 3.64. The molecule has 0 saturated heterocycles. The number of hydrogen-bond donors (Lipinski definition) is 0. The maximum Gasteiger partial charge on any atom is 0.146 e. The predicted molar refractivity (Wildman–Crippen MR) is 59.3 cm³/mol. The van der Waals surface area contributed by atoms with E-state index < -0.39 is 0 Å². The van der Waals surface area contributed by atoms with Gasteiger partial charge in [0, 0.05) is 5.69 Å². The third-order valence-electron chi connectivity index (χ3n) is 1.89. The van der Waals surface area contributed by atoms with Gasteiger partial charge in [0.2, 0.25) is 0 Å². The van der Waals surface area contributed by atoms with E-state index in [1.165, 1.54) is 0 Å². The van der Waals surface area contributed by atoms with Gasteiger partial charge in [-0.3, -0.25) is 4.98 Å². The molecule has 2 aromatic rings. The fraction of sp³-hybridized carbons (Fsp3) is 0.0833. The van der Waals surface area contributed by atoms with E-state index in [-0.39, 0.29) is 0 Å². The van der Waals surface area contributed by atoms with Crippen LogP contribution in [0.25, 0.3) is 0 Å². The molecule has 2 nitrogen and oxygen atoms in total. The molecule has 3 heteroatoms. The van der Waals surface area contributed by atoms with E-state index in [1.807, 2.05) is 19.1 Å². The highest BCUT2D eigenvalue weighted by Crippen LogP contribution is 2.27. The van der Waals surface area contributed by atoms with Crippen molar-refractivity contribution in [3.05, 3.63) is 53.3 Å². The van der Waals surface area contributed by atoms with Gasteiger partial charge >= 0.3 is 0 Å². The molecule has 1 aromatic carbocycles. The van der Waals surface area contributed by atoms with E-state index in [2.05, 4.69) is 11.1 Å². The molecule has 1 aromatic heterocycles. The molecule has 75 valence electrons. The third-order valence-corrected chi connectivity index (χ3v) is 2.18. The third kappa shape index (κ3) is 2.48. The van der Waals surface area contributed by atoms with Crippen LogP contribution in [-0.4, -0.2) is 4.98 Å². The number of aryl methyl sites for hydroxylation is 1. The van der Waals surface area contributed by atoms with Crippen molar-refractivity contribution in [1.29, 1.82) is 0 Å². The van der Waals surface area contributed by atoms with Crippen molar-refractivity contribution in [2.75, 3.05) is 0 Å². The van der Waals surface area contributed by atoms with Gasteiger partial charge in [-0.05, 0) is 37.3 Å². The van der Waals surface area contributed by atoms with Crippen molar-refractivity contribution < 1.29 is 4.74 Å². The first-order valence-electron chi connectivity index (χ1n) is 4.52. The molecule has 1 radical (unpaired) electrons. The van der Waals surface area contributed by atoms with Crippen molar-refractivity contribution in [2.24, 2.45) is 0 Å². The van der Waals surface area contributed by atoms with Crippen molar-refractivity contribution in [2.45, 2.75) is 6.92 Å². The minimum absolute atomic E-state index is 0.540. The maximum absolute atomic E-state index is 5.93. The van der Waals surface area contributed by atoms with Crippen LogP contribution in [0.1, 0.15) is 5.69 Å². The van der Waals surface area contributed by atoms with Gasteiger partial charge in [-0.2, -0.15) is 0 Å². The van der Waals surface area contributed by atoms with Gasteiger partial charge in [0.25, 0.3) is 0 Å². The zero-order valence-electron chi connectivity index (χ0n) is 8.20. The molecule has 0 aliphatic heterocycles. The molecule has 0 unspecified atom stereocenters. The molecule has 0 N–H and O–H groups in total. The number of hydrogen-bond acceptors (Lipinski definition) is 2. The SMILES string of the molecule is Cc1ccc(Oc2cc[c]cc2Cl)cn1. The molecule has 0 fully saturated rings. The fourth-order valence-electron chi connectivity index (χ4n) is 1.12. The van der Waals surface area contributed by atoms with Crippen LogP contribution < -0.4 is 4.74 Å². The Bertz CT molecular complexity index is 453. The number of aromatic nitrogens is 1. The van der Waals surface area contributed by atoms with Crippen molar-refractivity contribution in [1.82, 2.24) is 4.98 Å². The number of benzene rings is 1. The lowest BCUT2D eigenvalue weighted by Crippen LogP contribution is -1.87. The second kappa shape index (κ2) is 4.32. The van der Waals surface area contributed by atoms with Crippen LogP contribution in [0.2, 0.25) is 5.02 Å². The Labute approximate surface area is 93.5 Å². The van der Waals surface area contributed by atoms with E-state index in [4.69, 9.17) is 16.3 Å². The number of halogens is 1. The molecular weight excluding hydrogens is 210 g/mol. The summed E-state index contributed by atoms with van der Waals surface area (Å²) in [7, 11) is 0. The Morgan fingerprint density at radius 1 is 1.33 bits per heavy atom. The van der Waals surface area contributed by atoms with Gasteiger partial charge in [-0.15, -0.1) is 0 Å². The van der Waals surface area contributed by atoms with Crippen molar-refractivity contribution in [3.63, 3.8) is 0 Å². The second-order valence-electron chi connectivity index (χ2n) is 3.09. The minimum atomic E-state index is 0.540. The number of pyridine rings is 1. The van der Waals surface area contributed by atoms with Gasteiger partial charge in [-0.1, -0.05) is 17.7 Å². The van der Waals surface area contributed by atoms with Crippen LogP contribution in [-0.2, 0) is 0 Å². The lowest BCUT2D eigenvalue weighted by atomic mass is 10.3. The fourth-order valence-corrected chi connectivity index (χ4v) is 1.28. The summed E-state index contributed by atoms with van der Waals surface area (Å²) in [6.07, 6.45) is 1.67. The Morgan fingerprint density at radius 2 is 2.20 bits per heavy atom. The Hall–Kier alpha value is -1.54. The first-order chi connectivity index (χ1) is 7.25. The van der Waals surface area contributed by atoms with Crippen molar-refractivity contribution >= 4 is 11.6 Å². The summed E-state index contributed by atoms with van der Waals surface area (Å²) < 4.78 is 5.55. The molecule has 0 saturated carbocycles. The second-order valence-corrected chi connectivity index (χ2v) is 3.50. The molecule has 1 heterocycles. The summed E-state index contributed by atoms with van der Waals surface area (Å²) in [5.41, 5.74) is 0.954. The van der Waals surface area contributed by atoms with Crippen LogP contribution in [0.3, 0.4) is 0 Å². The Balaban J connectivity index is 2.22. The van der Waals surface area contributed by atoms with Gasteiger partial charge in [0.15, 0.2) is 0 Å². The molecule has 0 aliphatic rings. The van der Waals surface area contributed by atoms with Crippen LogP contribution in [0.15, 0.2) is 36.5 Å². The highest BCUT2D eigenvalue weighted by atomic mass is 35.5. The lowest BCUT2D eigenvalue weighted by Gasteiger charge is -2.06. The lowest BCUT2D eigenvalue weighted by molar-refractivity contribution is 0.480. The van der Waals surface area contributed by atoms with Crippen LogP contribution in [0.4, 0.5) is 0 Å². The monoisotopic (exact) mass is 218 g/mol. The largest absolute Gasteiger partial charge is 0.454 e. The van der Waals surface area contributed by atoms with E-state index in [1.54, 1.807) is 24.4 Å². The van der Waals surface area contributed by atoms with Crippen LogP contribution in [0.5, 0.6) is 11.5 Å². The van der Waals surface area contributed by atoms with Gasteiger partial charge in [0.1, 0.15) is 11.5 Å². The first kappa shape index (κ1) is 9.99. The quantitative estimate of drug-likeness (QED) is 0.768. The van der Waals surface area contributed by atoms with E-state index in [0.29, 0.717) is 16.5 Å². The highest BCUT2D eigenvalue weighted by molar-refractivity contribution is 6.32. The zero-order chi connectivity index (χ0) is 10.7. The molecule has 0 atom stereocenters. The summed E-state index contributed by atoms with van der Waals surface area (Å²) in [5, 5.41) is 0.540. The summed E-state index contributed by atoms with van der Waals surface area (Å²) in [4.78, 5) is 4.13. The normalized spacial score (nSPS) is 10.0. The van der Waals surface area contributed by atoms with E-state index >= 15 is 0 Å². The van der Waals surface area contributed by atoms with Crippen LogP contribution in [0, 0.1) is 13.0 Å². The average molecular weight is 219 g/mol. The minimum Gasteiger partial charge on any atom is -0.454 e. The summed E-state index contributed by atoms with van der Waals surface area (Å²) in [5.74, 6) is 1.29. The van der Waals surface area contributed by atoms with Gasteiger partial charge < -0.3 is 4.74 Å². The summed E-state index contributed by atoms with van der Waals surface area (Å²) >= 11 is 5.93. The molecule has 15 heavy (non-hydrogen) atoms. The molecule has 0 amide bonds. The number of nitrogens with zero attached hydrogens (tertiary/aromatic N) is 1. The summed E-state index contributed by atoms with van der Waals surface area (Å²) in [6, 6.07) is 11.8. The molecular formula is C12H9ClNO. The first-order valence-corrected chi connectivity index (χ1v) is 4.89. The average Bonchev–Trinajstić information content (AvgIpc) is 2.25. The van der Waals surface area contributed by atoms with Crippen molar-refractivity contribution in [3.8, 4) is 11.5 Å². The van der Waals surface area contributed by atoms with Gasteiger partial charge in [0.05, 0.1) is 11.2 Å². The smallest absolute Gasteiger partial charge is 0.146 e. The molecule has 0 spiro atoms. The van der Waals surface area contributed by atoms with Gasteiger partial charge in [-0.25, -0.2) is 0 Å². The topological polar surface area (TPSA) is 22.1 Å². The van der Waals surface area contributed by atoms with E-state index in [0.717, 1.165) is 5.69 Å². The molecule has 2 rings (SSSR count). The Morgan fingerprint density at radius 3 is 2.87 bits per heavy atom. The highest BCUT2D eigenvalue weighted by Gasteiger charge is 2.01. The number of ether oxygens (including phenoxy) is 1. The number of rotatable bonds is 2. The zero-order valence-corrected chi connectivity index (χ0v) is 8.95. The van der Waals surface area contributed by atoms with Crippen LogP contribution >= 0.6 is 11.6 Å². The summed E-state index contributed by atoms with van der Waals surface area (Å²) in [6.45, 7) is 1.92.